The fourth-order valence-corrected chi connectivity index (χ4v) is 5.05. The van der Waals surface area contributed by atoms with E-state index in [-0.39, 0.29) is 0 Å². The highest BCUT2D eigenvalue weighted by atomic mass is 32.1. The van der Waals surface area contributed by atoms with Gasteiger partial charge >= 0.3 is 0 Å². The second kappa shape index (κ2) is 5.14. The number of hydrogen-bond acceptors (Lipinski definition) is 3. The lowest BCUT2D eigenvalue weighted by molar-refractivity contribution is 0.0875. The normalized spacial score (nSPS) is 24.5. The van der Waals surface area contributed by atoms with Gasteiger partial charge in [-0.25, -0.2) is 0 Å². The zero-order chi connectivity index (χ0) is 12.5. The second-order valence-corrected chi connectivity index (χ2v) is 7.28. The first-order valence-corrected chi connectivity index (χ1v) is 8.48. The molecule has 0 amide bonds. The number of Topliss-reactive ketones (excluding diaryl/α,β-unsaturated/α-hetero) is 1. The van der Waals surface area contributed by atoms with E-state index in [1.54, 1.807) is 22.7 Å². The molecule has 96 valence electrons. The Balaban J connectivity index is 1.73. The molecule has 1 nitrogen and oxygen atoms in total. The fraction of sp³-hybridized carbons (Fsp3) is 0.533. The molecule has 2 aromatic rings. The standard InChI is InChI=1S/C15H18OS2/c1-2-10-3-5-11(6-4-10)15(16)14-9-13-12(18-14)7-8-17-13/h7-11H,2-6H2,1H3. The predicted molar refractivity (Wildman–Crippen MR) is 79.8 cm³/mol. The van der Waals surface area contributed by atoms with Crippen LogP contribution in [0.25, 0.3) is 9.40 Å². The van der Waals surface area contributed by atoms with Crippen LogP contribution in [-0.2, 0) is 0 Å². The molecule has 3 rings (SSSR count). The summed E-state index contributed by atoms with van der Waals surface area (Å²) >= 11 is 3.41. The largest absolute Gasteiger partial charge is 0.293 e. The van der Waals surface area contributed by atoms with E-state index >= 15 is 0 Å². The van der Waals surface area contributed by atoms with Gasteiger partial charge in [-0.3, -0.25) is 4.79 Å². The first kappa shape index (κ1) is 12.4. The van der Waals surface area contributed by atoms with Crippen molar-refractivity contribution in [2.24, 2.45) is 11.8 Å². The third kappa shape index (κ3) is 2.26. The Morgan fingerprint density at radius 1 is 1.28 bits per heavy atom. The molecule has 1 fully saturated rings. The smallest absolute Gasteiger partial charge is 0.175 e. The van der Waals surface area contributed by atoms with Gasteiger partial charge < -0.3 is 0 Å². The lowest BCUT2D eigenvalue weighted by Crippen LogP contribution is -2.21. The summed E-state index contributed by atoms with van der Waals surface area (Å²) in [5.41, 5.74) is 0. The number of rotatable bonds is 3. The van der Waals surface area contributed by atoms with E-state index in [0.29, 0.717) is 11.7 Å². The van der Waals surface area contributed by atoms with E-state index in [1.165, 1.54) is 28.7 Å². The molecular weight excluding hydrogens is 260 g/mol. The predicted octanol–water partition coefficient (Wildman–Crippen LogP) is 5.36. The lowest BCUT2D eigenvalue weighted by atomic mass is 9.79. The highest BCUT2D eigenvalue weighted by molar-refractivity contribution is 7.27. The zero-order valence-corrected chi connectivity index (χ0v) is 12.3. The molecule has 0 aromatic carbocycles. The summed E-state index contributed by atoms with van der Waals surface area (Å²) in [6, 6.07) is 4.22. The molecule has 0 unspecified atom stereocenters. The maximum absolute atomic E-state index is 12.5. The Bertz CT molecular complexity index is 515. The average molecular weight is 278 g/mol. The van der Waals surface area contributed by atoms with Crippen LogP contribution in [-0.4, -0.2) is 5.78 Å². The maximum Gasteiger partial charge on any atom is 0.175 e. The first-order valence-electron chi connectivity index (χ1n) is 6.79. The molecule has 1 saturated carbocycles. The number of carbonyl (C=O) groups is 1. The van der Waals surface area contributed by atoms with Gasteiger partial charge in [0.05, 0.1) is 4.88 Å². The van der Waals surface area contributed by atoms with E-state index in [1.807, 2.05) is 0 Å². The van der Waals surface area contributed by atoms with Crippen LogP contribution in [0.5, 0.6) is 0 Å². The number of ketones is 1. The van der Waals surface area contributed by atoms with E-state index in [4.69, 9.17) is 0 Å². The molecular formula is C15H18OS2. The van der Waals surface area contributed by atoms with Crippen LogP contribution in [0.3, 0.4) is 0 Å². The fourth-order valence-electron chi connectivity index (χ4n) is 2.92. The minimum Gasteiger partial charge on any atom is -0.293 e. The molecule has 0 bridgehead atoms. The maximum atomic E-state index is 12.5. The van der Waals surface area contributed by atoms with E-state index < -0.39 is 0 Å². The number of carbonyl (C=O) groups excluding carboxylic acids is 1. The van der Waals surface area contributed by atoms with Crippen molar-refractivity contribution < 1.29 is 4.79 Å². The van der Waals surface area contributed by atoms with Gasteiger partial charge in [-0.2, -0.15) is 0 Å². The Hall–Kier alpha value is -0.670. The Labute approximate surface area is 116 Å². The van der Waals surface area contributed by atoms with Crippen molar-refractivity contribution in [1.29, 1.82) is 0 Å². The number of fused-ring (bicyclic) bond motifs is 1. The highest BCUT2D eigenvalue weighted by Gasteiger charge is 2.27. The molecule has 1 aliphatic carbocycles. The Morgan fingerprint density at radius 3 is 2.72 bits per heavy atom. The molecule has 18 heavy (non-hydrogen) atoms. The Kier molecular flexibility index (Phi) is 3.53. The summed E-state index contributed by atoms with van der Waals surface area (Å²) in [6.45, 7) is 2.26. The van der Waals surface area contributed by atoms with Gasteiger partial charge in [-0.1, -0.05) is 13.3 Å². The van der Waals surface area contributed by atoms with Crippen molar-refractivity contribution in [3.63, 3.8) is 0 Å². The monoisotopic (exact) mass is 278 g/mol. The highest BCUT2D eigenvalue weighted by Crippen LogP contribution is 2.36. The van der Waals surface area contributed by atoms with Crippen molar-refractivity contribution in [1.82, 2.24) is 0 Å². The second-order valence-electron chi connectivity index (χ2n) is 5.25. The molecule has 2 heterocycles. The van der Waals surface area contributed by atoms with Gasteiger partial charge in [-0.05, 0) is 49.1 Å². The summed E-state index contributed by atoms with van der Waals surface area (Å²) in [5.74, 6) is 1.55. The van der Waals surface area contributed by atoms with Gasteiger partial charge in [0.2, 0.25) is 0 Å². The lowest BCUT2D eigenvalue weighted by Gasteiger charge is -2.26. The minimum atomic E-state index is 0.292. The SMILES string of the molecule is CCC1CCC(C(=O)c2cc3sccc3s2)CC1. The molecule has 0 spiro atoms. The number of thiophene rings is 2. The molecule has 0 aliphatic heterocycles. The number of hydrogen-bond donors (Lipinski definition) is 0. The van der Waals surface area contributed by atoms with Crippen LogP contribution in [0.15, 0.2) is 17.5 Å². The average Bonchev–Trinajstić information content (AvgIpc) is 2.99. The van der Waals surface area contributed by atoms with Gasteiger partial charge in [-0.15, -0.1) is 22.7 Å². The van der Waals surface area contributed by atoms with Crippen molar-refractivity contribution >= 4 is 37.9 Å². The molecule has 3 heteroatoms. The third-order valence-corrected chi connectivity index (χ3v) is 6.29. The summed E-state index contributed by atoms with van der Waals surface area (Å²) in [6.07, 6.45) is 5.96. The van der Waals surface area contributed by atoms with Crippen molar-refractivity contribution in [3.05, 3.63) is 22.4 Å². The van der Waals surface area contributed by atoms with Gasteiger partial charge in [0, 0.05) is 15.3 Å². The summed E-state index contributed by atoms with van der Waals surface area (Å²) in [4.78, 5) is 13.5. The van der Waals surface area contributed by atoms with E-state index in [2.05, 4.69) is 24.4 Å². The molecule has 0 atom stereocenters. The minimum absolute atomic E-state index is 0.292. The third-order valence-electron chi connectivity index (χ3n) is 4.18. The topological polar surface area (TPSA) is 17.1 Å². The quantitative estimate of drug-likeness (QED) is 0.690. The zero-order valence-electron chi connectivity index (χ0n) is 10.6. The van der Waals surface area contributed by atoms with Crippen LogP contribution in [0.1, 0.15) is 48.7 Å². The van der Waals surface area contributed by atoms with E-state index in [0.717, 1.165) is 23.6 Å². The van der Waals surface area contributed by atoms with Gasteiger partial charge in [0.1, 0.15) is 0 Å². The van der Waals surface area contributed by atoms with Gasteiger partial charge in [0.15, 0.2) is 5.78 Å². The molecule has 1 aliphatic rings. The molecule has 0 N–H and O–H groups in total. The Morgan fingerprint density at radius 2 is 2.06 bits per heavy atom. The van der Waals surface area contributed by atoms with Crippen LogP contribution < -0.4 is 0 Å². The van der Waals surface area contributed by atoms with Crippen molar-refractivity contribution in [2.45, 2.75) is 39.0 Å². The first-order chi connectivity index (χ1) is 8.78. The van der Waals surface area contributed by atoms with Crippen molar-refractivity contribution in [2.75, 3.05) is 0 Å². The van der Waals surface area contributed by atoms with Crippen LogP contribution in [0.4, 0.5) is 0 Å². The molecule has 0 saturated heterocycles. The van der Waals surface area contributed by atoms with Crippen LogP contribution in [0.2, 0.25) is 0 Å². The molecule has 2 aromatic heterocycles. The molecule has 0 radical (unpaired) electrons. The summed E-state index contributed by atoms with van der Waals surface area (Å²) in [5, 5.41) is 2.10. The van der Waals surface area contributed by atoms with E-state index in [9.17, 15) is 4.79 Å². The summed E-state index contributed by atoms with van der Waals surface area (Å²) in [7, 11) is 0. The van der Waals surface area contributed by atoms with Crippen molar-refractivity contribution in [3.8, 4) is 0 Å². The summed E-state index contributed by atoms with van der Waals surface area (Å²) < 4.78 is 2.54. The van der Waals surface area contributed by atoms with Gasteiger partial charge in [0.25, 0.3) is 0 Å². The van der Waals surface area contributed by atoms with Crippen LogP contribution in [0, 0.1) is 11.8 Å². The van der Waals surface area contributed by atoms with Crippen LogP contribution >= 0.6 is 22.7 Å².